The Morgan fingerprint density at radius 2 is 2.38 bits per heavy atom. The largest absolute Gasteiger partial charge is 0.330 e. The maximum Gasteiger partial charge on any atom is 0.234 e. The lowest BCUT2D eigenvalue weighted by Gasteiger charge is -2.19. The van der Waals surface area contributed by atoms with Gasteiger partial charge >= 0.3 is 0 Å². The van der Waals surface area contributed by atoms with E-state index in [1.54, 1.807) is 11.8 Å². The molecule has 0 saturated heterocycles. The number of carbonyl (C=O) groups is 1. The molecule has 0 radical (unpaired) electrons. The lowest BCUT2D eigenvalue weighted by Crippen LogP contribution is -2.18. The van der Waals surface area contributed by atoms with Crippen LogP contribution in [0.3, 0.4) is 0 Å². The lowest BCUT2D eigenvalue weighted by atomic mass is 9.97. The normalized spacial score (nSPS) is 16.5. The van der Waals surface area contributed by atoms with Gasteiger partial charge in [0, 0.05) is 4.90 Å². The summed E-state index contributed by atoms with van der Waals surface area (Å²) in [6.07, 6.45) is 0.996. The fourth-order valence-corrected chi connectivity index (χ4v) is 2.67. The molecule has 1 unspecified atom stereocenters. The van der Waals surface area contributed by atoms with Crippen LogP contribution in [0.2, 0.25) is 0 Å². The molecule has 1 aliphatic heterocycles. The van der Waals surface area contributed by atoms with E-state index in [-0.39, 0.29) is 5.91 Å². The topological polar surface area (TPSA) is 55.1 Å². The maximum absolute atomic E-state index is 11.2. The first-order valence-electron chi connectivity index (χ1n) is 5.47. The zero-order valence-electron chi connectivity index (χ0n) is 9.32. The van der Waals surface area contributed by atoms with Crippen molar-refractivity contribution in [2.45, 2.75) is 24.2 Å². The highest BCUT2D eigenvalue weighted by molar-refractivity contribution is 8.00. The van der Waals surface area contributed by atoms with Crippen LogP contribution in [-0.4, -0.2) is 18.2 Å². The molecule has 0 aliphatic carbocycles. The Balaban J connectivity index is 2.22. The summed E-state index contributed by atoms with van der Waals surface area (Å²) in [7, 11) is 0. The van der Waals surface area contributed by atoms with Crippen molar-refractivity contribution < 1.29 is 4.79 Å². The Morgan fingerprint density at radius 1 is 1.56 bits per heavy atom. The van der Waals surface area contributed by atoms with Gasteiger partial charge in [-0.25, -0.2) is 0 Å². The molecule has 1 heterocycles. The molecule has 1 atom stereocenters. The van der Waals surface area contributed by atoms with Crippen molar-refractivity contribution in [2.75, 3.05) is 17.6 Å². The average Bonchev–Trinajstić information content (AvgIpc) is 2.28. The monoisotopic (exact) mass is 236 g/mol. The summed E-state index contributed by atoms with van der Waals surface area (Å²) < 4.78 is 0. The number of carbonyl (C=O) groups excluding carboxylic acids is 1. The second-order valence-electron chi connectivity index (χ2n) is 4.07. The summed E-state index contributed by atoms with van der Waals surface area (Å²) in [4.78, 5) is 12.4. The van der Waals surface area contributed by atoms with Crippen LogP contribution < -0.4 is 11.1 Å². The van der Waals surface area contributed by atoms with Crippen LogP contribution in [0.1, 0.15) is 24.8 Å². The molecule has 16 heavy (non-hydrogen) atoms. The van der Waals surface area contributed by atoms with Gasteiger partial charge in [0.25, 0.3) is 0 Å². The van der Waals surface area contributed by atoms with Crippen molar-refractivity contribution in [3.8, 4) is 0 Å². The van der Waals surface area contributed by atoms with Crippen LogP contribution in [0.4, 0.5) is 5.69 Å². The summed E-state index contributed by atoms with van der Waals surface area (Å²) >= 11 is 1.60. The van der Waals surface area contributed by atoms with Crippen molar-refractivity contribution in [3.05, 3.63) is 23.8 Å². The summed E-state index contributed by atoms with van der Waals surface area (Å²) in [6, 6.07) is 6.23. The van der Waals surface area contributed by atoms with Gasteiger partial charge in [0.05, 0.1) is 11.4 Å². The molecule has 86 valence electrons. The highest BCUT2D eigenvalue weighted by Crippen LogP contribution is 2.34. The zero-order chi connectivity index (χ0) is 11.5. The van der Waals surface area contributed by atoms with Gasteiger partial charge < -0.3 is 11.1 Å². The van der Waals surface area contributed by atoms with E-state index in [2.05, 4.69) is 24.4 Å². The lowest BCUT2D eigenvalue weighted by molar-refractivity contribution is -0.113. The van der Waals surface area contributed by atoms with E-state index in [9.17, 15) is 4.79 Å². The van der Waals surface area contributed by atoms with Crippen molar-refractivity contribution in [3.63, 3.8) is 0 Å². The molecule has 1 amide bonds. The molecule has 1 aromatic rings. The van der Waals surface area contributed by atoms with Gasteiger partial charge in [-0.2, -0.15) is 0 Å². The molecule has 3 N–H and O–H groups in total. The minimum atomic E-state index is 0.0836. The van der Waals surface area contributed by atoms with Crippen molar-refractivity contribution in [1.29, 1.82) is 0 Å². The third-order valence-corrected chi connectivity index (χ3v) is 3.86. The quantitative estimate of drug-likeness (QED) is 0.845. The predicted molar refractivity (Wildman–Crippen MR) is 67.9 cm³/mol. The third kappa shape index (κ3) is 2.39. The van der Waals surface area contributed by atoms with Crippen LogP contribution in [-0.2, 0) is 4.79 Å². The van der Waals surface area contributed by atoms with Gasteiger partial charge in [0.15, 0.2) is 0 Å². The van der Waals surface area contributed by atoms with E-state index >= 15 is 0 Å². The van der Waals surface area contributed by atoms with Crippen molar-refractivity contribution >= 4 is 23.4 Å². The van der Waals surface area contributed by atoms with Gasteiger partial charge in [-0.05, 0) is 36.6 Å². The third-order valence-electron chi connectivity index (χ3n) is 2.81. The number of anilines is 1. The number of benzene rings is 1. The van der Waals surface area contributed by atoms with Gasteiger partial charge in [-0.1, -0.05) is 13.0 Å². The number of hydrogen-bond acceptors (Lipinski definition) is 3. The standard InChI is InChI=1S/C12H16N2OS/c1-8(4-5-13)9-2-3-10-11(6-9)16-7-12(15)14-10/h2-3,6,8H,4-5,7,13H2,1H3,(H,14,15). The van der Waals surface area contributed by atoms with Gasteiger partial charge in [0.2, 0.25) is 5.91 Å². The summed E-state index contributed by atoms with van der Waals surface area (Å²) in [5.74, 6) is 1.08. The Kier molecular flexibility index (Phi) is 3.51. The predicted octanol–water partition coefficient (Wildman–Crippen LogP) is 2.18. The van der Waals surface area contributed by atoms with Crippen molar-refractivity contribution in [2.24, 2.45) is 5.73 Å². The molecule has 0 fully saturated rings. The van der Waals surface area contributed by atoms with E-state index in [0.717, 1.165) is 12.1 Å². The van der Waals surface area contributed by atoms with Crippen LogP contribution in [0.15, 0.2) is 23.1 Å². The van der Waals surface area contributed by atoms with E-state index in [0.29, 0.717) is 18.2 Å². The van der Waals surface area contributed by atoms with Crippen LogP contribution in [0.25, 0.3) is 0 Å². The Labute approximate surface area is 99.8 Å². The minimum absolute atomic E-state index is 0.0836. The molecule has 1 aromatic carbocycles. The highest BCUT2D eigenvalue weighted by Gasteiger charge is 2.16. The summed E-state index contributed by atoms with van der Waals surface area (Å²) in [5.41, 5.74) is 7.79. The highest BCUT2D eigenvalue weighted by atomic mass is 32.2. The number of thioether (sulfide) groups is 1. The van der Waals surface area contributed by atoms with E-state index < -0.39 is 0 Å². The second kappa shape index (κ2) is 4.89. The average molecular weight is 236 g/mol. The van der Waals surface area contributed by atoms with Crippen LogP contribution in [0.5, 0.6) is 0 Å². The van der Waals surface area contributed by atoms with Crippen LogP contribution >= 0.6 is 11.8 Å². The van der Waals surface area contributed by atoms with Gasteiger partial charge in [-0.15, -0.1) is 11.8 Å². The van der Waals surface area contributed by atoms with Crippen molar-refractivity contribution in [1.82, 2.24) is 0 Å². The number of rotatable bonds is 3. The number of hydrogen-bond donors (Lipinski definition) is 2. The van der Waals surface area contributed by atoms with E-state index in [1.165, 1.54) is 10.5 Å². The summed E-state index contributed by atoms with van der Waals surface area (Å²) in [6.45, 7) is 2.89. The Morgan fingerprint density at radius 3 is 3.12 bits per heavy atom. The van der Waals surface area contributed by atoms with E-state index in [4.69, 9.17) is 5.73 Å². The molecule has 0 bridgehead atoms. The fourth-order valence-electron chi connectivity index (χ4n) is 1.81. The first-order chi connectivity index (χ1) is 7.70. The molecule has 4 heteroatoms. The molecule has 1 aliphatic rings. The molecule has 0 aromatic heterocycles. The summed E-state index contributed by atoms with van der Waals surface area (Å²) in [5, 5.41) is 2.87. The van der Waals surface area contributed by atoms with Gasteiger partial charge in [-0.3, -0.25) is 4.79 Å². The molecule has 0 spiro atoms. The number of fused-ring (bicyclic) bond motifs is 1. The molecule has 0 saturated carbocycles. The SMILES string of the molecule is CC(CCN)c1ccc2c(c1)SCC(=O)N2. The molecular weight excluding hydrogens is 220 g/mol. The second-order valence-corrected chi connectivity index (χ2v) is 5.09. The zero-order valence-corrected chi connectivity index (χ0v) is 10.1. The Bertz CT molecular complexity index is 406. The molecule has 3 nitrogen and oxygen atoms in total. The minimum Gasteiger partial charge on any atom is -0.330 e. The maximum atomic E-state index is 11.2. The smallest absolute Gasteiger partial charge is 0.234 e. The number of amides is 1. The molecular formula is C12H16N2OS. The fraction of sp³-hybridized carbons (Fsp3) is 0.417. The first kappa shape index (κ1) is 11.5. The molecule has 2 rings (SSSR count). The number of nitrogens with one attached hydrogen (secondary N) is 1. The van der Waals surface area contributed by atoms with E-state index in [1.807, 2.05) is 6.07 Å². The van der Waals surface area contributed by atoms with Crippen LogP contribution in [0, 0.1) is 0 Å². The first-order valence-corrected chi connectivity index (χ1v) is 6.46. The number of nitrogens with two attached hydrogens (primary N) is 1. The Hall–Kier alpha value is -1.00. The van der Waals surface area contributed by atoms with Gasteiger partial charge in [0.1, 0.15) is 0 Å².